The Labute approximate surface area is 188 Å². The number of hydrogen-bond donors (Lipinski definition) is 1. The molecule has 0 aliphatic carbocycles. The molecule has 176 valence electrons. The number of ether oxygens (including phenoxy) is 2. The predicted octanol–water partition coefficient (Wildman–Crippen LogP) is 3.62. The van der Waals surface area contributed by atoms with E-state index in [4.69, 9.17) is 9.47 Å². The van der Waals surface area contributed by atoms with E-state index in [2.05, 4.69) is 0 Å². The zero-order valence-electron chi connectivity index (χ0n) is 18.4. The molecule has 0 aromatic heterocycles. The summed E-state index contributed by atoms with van der Waals surface area (Å²) < 4.78 is 10.4. The van der Waals surface area contributed by atoms with Crippen LogP contribution in [-0.4, -0.2) is 51.1 Å². The van der Waals surface area contributed by atoms with Gasteiger partial charge in [0.15, 0.2) is 0 Å². The second-order valence-electron chi connectivity index (χ2n) is 8.09. The molecule has 12 heteroatoms. The number of esters is 1. The van der Waals surface area contributed by atoms with Gasteiger partial charge in [0, 0.05) is 19.2 Å². The Hall–Kier alpha value is -4.06. The minimum absolute atomic E-state index is 0.0469. The maximum atomic E-state index is 12.3. The van der Waals surface area contributed by atoms with Crippen molar-refractivity contribution in [1.29, 1.82) is 0 Å². The minimum atomic E-state index is -1.05. The molecule has 2 aromatic rings. The first-order chi connectivity index (χ1) is 15.3. The fourth-order valence-corrected chi connectivity index (χ4v) is 2.63. The lowest BCUT2D eigenvalue weighted by atomic mass is 10.1. The lowest BCUT2D eigenvalue weighted by molar-refractivity contribution is -0.394. The Morgan fingerprint density at radius 3 is 2.00 bits per heavy atom. The van der Waals surface area contributed by atoms with Gasteiger partial charge in [0.05, 0.1) is 34.1 Å². The smallest absolute Gasteiger partial charge is 0.410 e. The summed E-state index contributed by atoms with van der Waals surface area (Å²) in [7, 11) is 1.48. The molecule has 0 spiro atoms. The number of nitro benzene ring substituents is 2. The second-order valence-corrected chi connectivity index (χ2v) is 8.09. The van der Waals surface area contributed by atoms with E-state index in [1.807, 2.05) is 0 Å². The van der Waals surface area contributed by atoms with Crippen LogP contribution in [0, 0.1) is 20.2 Å². The van der Waals surface area contributed by atoms with Crippen LogP contribution in [0.2, 0.25) is 0 Å². The number of hydrogen-bond acceptors (Lipinski definition) is 9. The number of aliphatic hydroxyl groups is 1. The molecule has 2 rings (SSSR count). The van der Waals surface area contributed by atoms with Crippen LogP contribution in [0.25, 0.3) is 0 Å². The first kappa shape index (κ1) is 25.2. The zero-order valence-corrected chi connectivity index (χ0v) is 18.4. The monoisotopic (exact) mass is 461 g/mol. The average molecular weight is 461 g/mol. The molecule has 1 unspecified atom stereocenters. The standard InChI is InChI=1S/C21H23N3O9/c1-21(2,3)33-20(27)22(4)12-18(25)13-5-7-17(8-6-13)32-19(26)14-9-15(23(28)29)11-16(10-14)24(30)31/h5-11,18,25H,12H2,1-4H3. The van der Waals surface area contributed by atoms with Gasteiger partial charge in [0.2, 0.25) is 0 Å². The van der Waals surface area contributed by atoms with Gasteiger partial charge in [-0.15, -0.1) is 0 Å². The molecule has 0 fully saturated rings. The number of benzene rings is 2. The van der Waals surface area contributed by atoms with Gasteiger partial charge in [0.1, 0.15) is 11.4 Å². The van der Waals surface area contributed by atoms with E-state index in [1.54, 1.807) is 20.8 Å². The molecule has 33 heavy (non-hydrogen) atoms. The summed E-state index contributed by atoms with van der Waals surface area (Å²) >= 11 is 0. The zero-order chi connectivity index (χ0) is 24.9. The third-order valence-corrected chi connectivity index (χ3v) is 4.19. The molecule has 1 N–H and O–H groups in total. The number of carbonyl (C=O) groups is 2. The van der Waals surface area contributed by atoms with Crippen molar-refractivity contribution >= 4 is 23.4 Å². The highest BCUT2D eigenvalue weighted by Crippen LogP contribution is 2.25. The molecule has 1 atom stereocenters. The van der Waals surface area contributed by atoms with Gasteiger partial charge in [-0.2, -0.15) is 0 Å². The highest BCUT2D eigenvalue weighted by atomic mass is 16.6. The van der Waals surface area contributed by atoms with E-state index in [1.165, 1.54) is 36.2 Å². The molecular formula is C21H23N3O9. The lowest BCUT2D eigenvalue weighted by Gasteiger charge is -2.26. The van der Waals surface area contributed by atoms with Crippen molar-refractivity contribution in [3.8, 4) is 5.75 Å². The van der Waals surface area contributed by atoms with Crippen LogP contribution in [0.1, 0.15) is 42.8 Å². The average Bonchev–Trinajstić information content (AvgIpc) is 2.72. The fourth-order valence-electron chi connectivity index (χ4n) is 2.63. The number of non-ortho nitro benzene ring substituents is 2. The highest BCUT2D eigenvalue weighted by Gasteiger charge is 2.23. The van der Waals surface area contributed by atoms with Gasteiger partial charge < -0.3 is 19.5 Å². The Morgan fingerprint density at radius 1 is 1.03 bits per heavy atom. The van der Waals surface area contributed by atoms with Crippen molar-refractivity contribution in [2.45, 2.75) is 32.5 Å². The molecule has 0 aliphatic heterocycles. The summed E-state index contributed by atoms with van der Waals surface area (Å²) in [5.41, 5.74) is -1.86. The SMILES string of the molecule is CN(CC(O)c1ccc(OC(=O)c2cc([N+](=O)[O-])cc([N+](=O)[O-])c2)cc1)C(=O)OC(C)(C)C. The lowest BCUT2D eigenvalue weighted by Crippen LogP contribution is -2.36. The number of aliphatic hydroxyl groups excluding tert-OH is 1. The molecule has 0 aliphatic rings. The van der Waals surface area contributed by atoms with E-state index in [0.717, 1.165) is 18.2 Å². The quantitative estimate of drug-likeness (QED) is 0.281. The van der Waals surface area contributed by atoms with Gasteiger partial charge in [-0.3, -0.25) is 20.2 Å². The summed E-state index contributed by atoms with van der Waals surface area (Å²) in [6, 6.07) is 8.16. The van der Waals surface area contributed by atoms with Gasteiger partial charge in [-0.25, -0.2) is 9.59 Å². The van der Waals surface area contributed by atoms with Crippen molar-refractivity contribution in [2.75, 3.05) is 13.6 Å². The minimum Gasteiger partial charge on any atom is -0.444 e. The summed E-state index contributed by atoms with van der Waals surface area (Å²) in [6.07, 6.45) is -1.65. The number of likely N-dealkylation sites (N-methyl/N-ethyl adjacent to an activating group) is 1. The number of nitro groups is 2. The van der Waals surface area contributed by atoms with E-state index in [9.17, 15) is 34.9 Å². The van der Waals surface area contributed by atoms with E-state index in [-0.39, 0.29) is 17.9 Å². The summed E-state index contributed by atoms with van der Waals surface area (Å²) in [5, 5.41) is 32.3. The largest absolute Gasteiger partial charge is 0.444 e. The van der Waals surface area contributed by atoms with Crippen molar-refractivity contribution < 1.29 is 34.0 Å². The highest BCUT2D eigenvalue weighted by molar-refractivity contribution is 5.92. The van der Waals surface area contributed by atoms with Crippen LogP contribution in [-0.2, 0) is 4.74 Å². The Morgan fingerprint density at radius 2 is 1.55 bits per heavy atom. The maximum Gasteiger partial charge on any atom is 0.410 e. The summed E-state index contributed by atoms with van der Waals surface area (Å²) in [6.45, 7) is 5.12. The normalized spacial score (nSPS) is 11.9. The van der Waals surface area contributed by atoms with Crippen LogP contribution < -0.4 is 4.74 Å². The molecule has 1 amide bonds. The van der Waals surface area contributed by atoms with Crippen molar-refractivity contribution in [3.63, 3.8) is 0 Å². The maximum absolute atomic E-state index is 12.3. The van der Waals surface area contributed by atoms with Crippen LogP contribution in [0.15, 0.2) is 42.5 Å². The first-order valence-electron chi connectivity index (χ1n) is 9.65. The molecular weight excluding hydrogens is 438 g/mol. The molecule has 0 bridgehead atoms. The van der Waals surface area contributed by atoms with Gasteiger partial charge in [-0.1, -0.05) is 12.1 Å². The van der Waals surface area contributed by atoms with E-state index < -0.39 is 45.0 Å². The van der Waals surface area contributed by atoms with Gasteiger partial charge >= 0.3 is 12.1 Å². The van der Waals surface area contributed by atoms with Crippen LogP contribution in [0.3, 0.4) is 0 Å². The Bertz CT molecular complexity index is 1030. The fraction of sp³-hybridized carbons (Fsp3) is 0.333. The van der Waals surface area contributed by atoms with Gasteiger partial charge in [-0.05, 0) is 38.5 Å². The van der Waals surface area contributed by atoms with Crippen molar-refractivity contribution in [3.05, 3.63) is 73.8 Å². The molecule has 0 heterocycles. The van der Waals surface area contributed by atoms with Crippen LogP contribution in [0.5, 0.6) is 5.75 Å². The van der Waals surface area contributed by atoms with E-state index in [0.29, 0.717) is 5.56 Å². The number of rotatable bonds is 7. The third-order valence-electron chi connectivity index (χ3n) is 4.19. The molecule has 0 saturated heterocycles. The number of nitrogens with zero attached hydrogens (tertiary/aromatic N) is 3. The topological polar surface area (TPSA) is 162 Å². The third kappa shape index (κ3) is 7.25. The molecule has 12 nitrogen and oxygen atoms in total. The van der Waals surface area contributed by atoms with Crippen LogP contribution >= 0.6 is 0 Å². The van der Waals surface area contributed by atoms with E-state index >= 15 is 0 Å². The number of amides is 1. The number of carbonyl (C=O) groups excluding carboxylic acids is 2. The van der Waals surface area contributed by atoms with Crippen LogP contribution in [0.4, 0.5) is 16.2 Å². The second kappa shape index (κ2) is 10.0. The molecule has 0 saturated carbocycles. The molecule has 0 radical (unpaired) electrons. The molecule has 2 aromatic carbocycles. The van der Waals surface area contributed by atoms with Crippen molar-refractivity contribution in [1.82, 2.24) is 4.90 Å². The first-order valence-corrected chi connectivity index (χ1v) is 9.65. The summed E-state index contributed by atoms with van der Waals surface area (Å²) in [4.78, 5) is 45.8. The summed E-state index contributed by atoms with van der Waals surface area (Å²) in [5.74, 6) is -0.981. The van der Waals surface area contributed by atoms with Crippen molar-refractivity contribution in [2.24, 2.45) is 0 Å². The Balaban J connectivity index is 2.08. The van der Waals surface area contributed by atoms with Gasteiger partial charge in [0.25, 0.3) is 11.4 Å². The Kier molecular flexibility index (Phi) is 7.67. The predicted molar refractivity (Wildman–Crippen MR) is 115 cm³/mol.